The monoisotopic (exact) mass is 227 g/mol. The van der Waals surface area contributed by atoms with Crippen LogP contribution in [0.4, 0.5) is 5.82 Å². The van der Waals surface area contributed by atoms with Crippen LogP contribution in [-0.4, -0.2) is 25.1 Å². The van der Waals surface area contributed by atoms with Crippen LogP contribution in [-0.2, 0) is 10.2 Å². The zero-order valence-electron chi connectivity index (χ0n) is 7.64. The molecule has 1 aromatic rings. The van der Waals surface area contributed by atoms with E-state index in [0.29, 0.717) is 5.69 Å². The molecule has 0 saturated heterocycles. The number of nitrogens with two attached hydrogens (primary N) is 1. The minimum Gasteiger partial charge on any atom is -0.384 e. The second-order valence-electron chi connectivity index (χ2n) is 2.52. The zero-order valence-corrected chi connectivity index (χ0v) is 8.45. The minimum atomic E-state index is -3.82. The van der Waals surface area contributed by atoms with E-state index in [0.717, 1.165) is 0 Å². The van der Waals surface area contributed by atoms with Gasteiger partial charge in [-0.1, -0.05) is 12.0 Å². The molecule has 0 amide bonds. The van der Waals surface area contributed by atoms with E-state index in [4.69, 9.17) is 10.2 Å². The molecule has 0 spiro atoms. The van der Waals surface area contributed by atoms with E-state index in [9.17, 15) is 8.42 Å². The number of aromatic nitrogens is 1. The molecule has 0 atom stereocenters. The van der Waals surface area contributed by atoms with E-state index >= 15 is 0 Å². The van der Waals surface area contributed by atoms with Crippen LogP contribution in [0.1, 0.15) is 5.69 Å². The average molecular weight is 227 g/mol. The standard InChI is InChI=1S/C8H9N3O3S/c9-15(13,14)11-8-5-1-3-7(10-8)4-2-6-12/h1,3,5,12H,6H2,(H,10,11)(H2,9,13,14). The minimum absolute atomic E-state index is 0.0854. The van der Waals surface area contributed by atoms with Crippen LogP contribution >= 0.6 is 0 Å². The first-order chi connectivity index (χ1) is 7.01. The zero-order chi connectivity index (χ0) is 11.3. The lowest BCUT2D eigenvalue weighted by atomic mass is 10.3. The van der Waals surface area contributed by atoms with Gasteiger partial charge in [0.2, 0.25) is 0 Å². The third-order valence-corrected chi connectivity index (χ3v) is 1.79. The Morgan fingerprint density at radius 2 is 2.27 bits per heavy atom. The average Bonchev–Trinajstić information content (AvgIpc) is 2.12. The summed E-state index contributed by atoms with van der Waals surface area (Å²) < 4.78 is 23.4. The summed E-state index contributed by atoms with van der Waals surface area (Å²) in [6.07, 6.45) is 0. The third kappa shape index (κ3) is 4.42. The number of rotatable bonds is 2. The van der Waals surface area contributed by atoms with E-state index in [-0.39, 0.29) is 12.4 Å². The summed E-state index contributed by atoms with van der Waals surface area (Å²) in [5, 5.41) is 13.2. The van der Waals surface area contributed by atoms with Gasteiger partial charge >= 0.3 is 0 Å². The highest BCUT2D eigenvalue weighted by Crippen LogP contribution is 2.04. The Morgan fingerprint density at radius 3 is 2.87 bits per heavy atom. The predicted octanol–water partition coefficient (Wildman–Crippen LogP) is -0.959. The van der Waals surface area contributed by atoms with Crippen molar-refractivity contribution in [2.45, 2.75) is 0 Å². The quantitative estimate of drug-likeness (QED) is 0.566. The fourth-order valence-corrected chi connectivity index (χ4v) is 1.24. The summed E-state index contributed by atoms with van der Waals surface area (Å²) in [5.74, 6) is 5.01. The molecule has 1 heterocycles. The van der Waals surface area contributed by atoms with E-state index in [1.165, 1.54) is 6.07 Å². The van der Waals surface area contributed by atoms with E-state index in [1.54, 1.807) is 12.1 Å². The molecule has 0 aliphatic carbocycles. The first-order valence-electron chi connectivity index (χ1n) is 3.88. The molecule has 1 rings (SSSR count). The Bertz CT molecular complexity index is 501. The molecule has 1 aromatic heterocycles. The summed E-state index contributed by atoms with van der Waals surface area (Å²) in [6, 6.07) is 4.59. The fourth-order valence-electron chi connectivity index (χ4n) is 0.837. The van der Waals surface area contributed by atoms with Crippen molar-refractivity contribution >= 4 is 16.0 Å². The second-order valence-corrected chi connectivity index (χ2v) is 3.81. The van der Waals surface area contributed by atoms with Gasteiger partial charge in [-0.05, 0) is 18.1 Å². The van der Waals surface area contributed by atoms with E-state index in [2.05, 4.69) is 16.8 Å². The number of pyridine rings is 1. The largest absolute Gasteiger partial charge is 0.384 e. The lowest BCUT2D eigenvalue weighted by Crippen LogP contribution is -2.22. The molecule has 80 valence electrons. The van der Waals surface area contributed by atoms with Crippen molar-refractivity contribution in [1.29, 1.82) is 0 Å². The van der Waals surface area contributed by atoms with Crippen LogP contribution in [0.15, 0.2) is 18.2 Å². The number of anilines is 1. The fraction of sp³-hybridized carbons (Fsp3) is 0.125. The number of nitrogens with zero attached hydrogens (tertiary/aromatic N) is 1. The number of nitrogens with one attached hydrogen (secondary N) is 1. The number of aliphatic hydroxyl groups excluding tert-OH is 1. The van der Waals surface area contributed by atoms with Crippen LogP contribution < -0.4 is 9.86 Å². The molecular weight excluding hydrogens is 218 g/mol. The number of aliphatic hydroxyl groups is 1. The highest BCUT2D eigenvalue weighted by Gasteiger charge is 2.02. The molecule has 4 N–H and O–H groups in total. The van der Waals surface area contributed by atoms with Gasteiger partial charge in [0, 0.05) is 0 Å². The van der Waals surface area contributed by atoms with Gasteiger partial charge in [-0.3, -0.25) is 4.72 Å². The molecule has 0 unspecified atom stereocenters. The van der Waals surface area contributed by atoms with Gasteiger partial charge in [-0.15, -0.1) is 0 Å². The number of hydrogen-bond acceptors (Lipinski definition) is 4. The van der Waals surface area contributed by atoms with Gasteiger partial charge in [-0.25, -0.2) is 10.1 Å². The summed E-state index contributed by atoms with van der Waals surface area (Å²) in [5.41, 5.74) is 0.345. The maximum absolute atomic E-state index is 10.7. The molecule has 0 saturated carbocycles. The molecule has 0 aromatic carbocycles. The molecule has 0 radical (unpaired) electrons. The molecular formula is C8H9N3O3S. The summed E-state index contributed by atoms with van der Waals surface area (Å²) in [7, 11) is -3.82. The van der Waals surface area contributed by atoms with E-state index in [1.807, 2.05) is 4.72 Å². The first-order valence-corrected chi connectivity index (χ1v) is 5.43. The number of hydrogen-bond donors (Lipinski definition) is 3. The van der Waals surface area contributed by atoms with Gasteiger partial charge in [0.15, 0.2) is 0 Å². The Morgan fingerprint density at radius 1 is 1.53 bits per heavy atom. The van der Waals surface area contributed by atoms with Crippen LogP contribution in [0.25, 0.3) is 0 Å². The molecule has 15 heavy (non-hydrogen) atoms. The maximum atomic E-state index is 10.7. The van der Waals surface area contributed by atoms with Gasteiger partial charge in [0.25, 0.3) is 10.2 Å². The maximum Gasteiger partial charge on any atom is 0.297 e. The second kappa shape index (κ2) is 4.75. The third-order valence-electron chi connectivity index (χ3n) is 1.29. The SMILES string of the molecule is NS(=O)(=O)Nc1cccc(C#CCO)n1. The summed E-state index contributed by atoms with van der Waals surface area (Å²) in [4.78, 5) is 3.84. The van der Waals surface area contributed by atoms with Gasteiger partial charge in [0.1, 0.15) is 18.1 Å². The molecule has 7 heteroatoms. The summed E-state index contributed by atoms with van der Waals surface area (Å²) >= 11 is 0. The van der Waals surface area contributed by atoms with Gasteiger partial charge < -0.3 is 5.11 Å². The van der Waals surface area contributed by atoms with Gasteiger partial charge in [0.05, 0.1) is 0 Å². The molecule has 0 fully saturated rings. The van der Waals surface area contributed by atoms with Crippen molar-refractivity contribution in [3.8, 4) is 11.8 Å². The Kier molecular flexibility index (Phi) is 3.62. The van der Waals surface area contributed by atoms with Crippen molar-refractivity contribution < 1.29 is 13.5 Å². The van der Waals surface area contributed by atoms with Crippen LogP contribution in [0, 0.1) is 11.8 Å². The lowest BCUT2D eigenvalue weighted by Gasteiger charge is -2.01. The van der Waals surface area contributed by atoms with Crippen LogP contribution in [0.2, 0.25) is 0 Å². The van der Waals surface area contributed by atoms with E-state index < -0.39 is 10.2 Å². The van der Waals surface area contributed by atoms with Crippen molar-refractivity contribution in [3.63, 3.8) is 0 Å². The molecule has 0 bridgehead atoms. The molecule has 0 aliphatic rings. The Labute approximate surface area is 87.3 Å². The highest BCUT2D eigenvalue weighted by molar-refractivity contribution is 7.90. The predicted molar refractivity (Wildman–Crippen MR) is 54.9 cm³/mol. The van der Waals surface area contributed by atoms with Crippen molar-refractivity contribution in [2.75, 3.05) is 11.3 Å². The van der Waals surface area contributed by atoms with Crippen LogP contribution in [0.5, 0.6) is 0 Å². The normalized spacial score (nSPS) is 10.3. The summed E-state index contributed by atoms with van der Waals surface area (Å²) in [6.45, 7) is -0.283. The first kappa shape index (κ1) is 11.5. The molecule has 0 aliphatic heterocycles. The van der Waals surface area contributed by atoms with Crippen molar-refractivity contribution in [2.24, 2.45) is 5.14 Å². The Hall–Kier alpha value is -1.62. The van der Waals surface area contributed by atoms with Crippen molar-refractivity contribution in [3.05, 3.63) is 23.9 Å². The molecule has 6 nitrogen and oxygen atoms in total. The smallest absolute Gasteiger partial charge is 0.297 e. The topological polar surface area (TPSA) is 105 Å². The Balaban J connectivity index is 2.93. The van der Waals surface area contributed by atoms with Crippen molar-refractivity contribution in [1.82, 2.24) is 4.98 Å². The van der Waals surface area contributed by atoms with Crippen LogP contribution in [0.3, 0.4) is 0 Å². The highest BCUT2D eigenvalue weighted by atomic mass is 32.2. The lowest BCUT2D eigenvalue weighted by molar-refractivity contribution is 0.350. The van der Waals surface area contributed by atoms with Gasteiger partial charge in [-0.2, -0.15) is 8.42 Å².